The van der Waals surface area contributed by atoms with Crippen molar-refractivity contribution in [2.75, 3.05) is 14.2 Å². The van der Waals surface area contributed by atoms with Crippen molar-refractivity contribution in [1.82, 2.24) is 0 Å². The summed E-state index contributed by atoms with van der Waals surface area (Å²) >= 11 is 0. The van der Waals surface area contributed by atoms with Gasteiger partial charge in [0.1, 0.15) is 0 Å². The zero-order valence-corrected chi connectivity index (χ0v) is 7.28. The first-order valence-corrected chi connectivity index (χ1v) is 3.61. The highest BCUT2D eigenvalue weighted by atomic mass is 16.7. The van der Waals surface area contributed by atoms with Gasteiger partial charge < -0.3 is 14.6 Å². The second-order valence-electron chi connectivity index (χ2n) is 2.23. The molecule has 0 aromatic carbocycles. The van der Waals surface area contributed by atoms with Gasteiger partial charge in [0, 0.05) is 20.6 Å². The molecular weight excluding hydrogens is 144 g/mol. The molecule has 0 aliphatic rings. The standard InChI is InChI=1S/C8H16O3/c1-4-5-7(9)6-8(10-2)11-3/h4-5,7-9H,6H2,1-3H3. The molecule has 0 aromatic rings. The van der Waals surface area contributed by atoms with Crippen LogP contribution in [0.15, 0.2) is 12.2 Å². The number of aliphatic hydroxyl groups excluding tert-OH is 1. The molecule has 1 unspecified atom stereocenters. The van der Waals surface area contributed by atoms with Gasteiger partial charge in [-0.3, -0.25) is 0 Å². The van der Waals surface area contributed by atoms with E-state index in [4.69, 9.17) is 9.47 Å². The average Bonchev–Trinajstić information content (AvgIpc) is 2.01. The topological polar surface area (TPSA) is 38.7 Å². The van der Waals surface area contributed by atoms with Crippen molar-refractivity contribution in [3.8, 4) is 0 Å². The summed E-state index contributed by atoms with van der Waals surface area (Å²) in [6, 6.07) is 0. The van der Waals surface area contributed by atoms with Crippen LogP contribution >= 0.6 is 0 Å². The van der Waals surface area contributed by atoms with Crippen molar-refractivity contribution in [2.24, 2.45) is 0 Å². The maximum Gasteiger partial charge on any atom is 0.159 e. The number of allylic oxidation sites excluding steroid dienone is 1. The molecule has 0 bridgehead atoms. The lowest BCUT2D eigenvalue weighted by atomic mass is 10.2. The van der Waals surface area contributed by atoms with Crippen LogP contribution in [0.1, 0.15) is 13.3 Å². The molecule has 0 amide bonds. The Morgan fingerprint density at radius 2 is 1.91 bits per heavy atom. The summed E-state index contributed by atoms with van der Waals surface area (Å²) in [5.74, 6) is 0. The summed E-state index contributed by atoms with van der Waals surface area (Å²) in [6.07, 6.45) is 3.17. The Hall–Kier alpha value is -0.380. The third kappa shape index (κ3) is 4.95. The second kappa shape index (κ2) is 6.34. The molecule has 0 saturated carbocycles. The number of ether oxygens (including phenoxy) is 2. The fourth-order valence-corrected chi connectivity index (χ4v) is 0.787. The van der Waals surface area contributed by atoms with Crippen LogP contribution in [-0.4, -0.2) is 31.7 Å². The minimum absolute atomic E-state index is 0.318. The van der Waals surface area contributed by atoms with Crippen molar-refractivity contribution >= 4 is 0 Å². The predicted molar refractivity (Wildman–Crippen MR) is 43.2 cm³/mol. The molecule has 3 heteroatoms. The Labute approximate surface area is 67.6 Å². The Balaban J connectivity index is 3.61. The van der Waals surface area contributed by atoms with E-state index in [2.05, 4.69) is 0 Å². The summed E-state index contributed by atoms with van der Waals surface area (Å²) in [6.45, 7) is 1.86. The largest absolute Gasteiger partial charge is 0.389 e. The first-order valence-electron chi connectivity index (χ1n) is 3.61. The molecule has 1 atom stereocenters. The van der Waals surface area contributed by atoms with Gasteiger partial charge in [0.2, 0.25) is 0 Å². The van der Waals surface area contributed by atoms with Gasteiger partial charge in [-0.05, 0) is 6.92 Å². The van der Waals surface area contributed by atoms with Gasteiger partial charge in [0.05, 0.1) is 6.10 Å². The molecule has 3 nitrogen and oxygen atoms in total. The number of methoxy groups -OCH3 is 2. The lowest BCUT2D eigenvalue weighted by molar-refractivity contribution is -0.118. The van der Waals surface area contributed by atoms with Crippen LogP contribution in [0.2, 0.25) is 0 Å². The number of aliphatic hydroxyl groups is 1. The highest BCUT2D eigenvalue weighted by Crippen LogP contribution is 2.03. The first kappa shape index (κ1) is 10.6. The van der Waals surface area contributed by atoms with E-state index in [1.807, 2.05) is 6.92 Å². The molecule has 0 heterocycles. The van der Waals surface area contributed by atoms with Crippen LogP contribution in [0.25, 0.3) is 0 Å². The quantitative estimate of drug-likeness (QED) is 0.480. The maximum absolute atomic E-state index is 9.24. The van der Waals surface area contributed by atoms with E-state index < -0.39 is 6.10 Å². The molecule has 0 spiro atoms. The van der Waals surface area contributed by atoms with Gasteiger partial charge in [0.25, 0.3) is 0 Å². The van der Waals surface area contributed by atoms with Gasteiger partial charge in [-0.15, -0.1) is 0 Å². The van der Waals surface area contributed by atoms with Gasteiger partial charge in [-0.2, -0.15) is 0 Å². The molecule has 0 fully saturated rings. The molecule has 0 saturated heterocycles. The van der Waals surface area contributed by atoms with E-state index in [9.17, 15) is 5.11 Å². The molecule has 0 radical (unpaired) electrons. The predicted octanol–water partition coefficient (Wildman–Crippen LogP) is 0.932. The SMILES string of the molecule is CC=CC(O)CC(OC)OC. The van der Waals surface area contributed by atoms with Crippen LogP contribution in [-0.2, 0) is 9.47 Å². The molecule has 0 rings (SSSR count). The Morgan fingerprint density at radius 1 is 1.36 bits per heavy atom. The Morgan fingerprint density at radius 3 is 2.27 bits per heavy atom. The summed E-state index contributed by atoms with van der Waals surface area (Å²) in [4.78, 5) is 0. The van der Waals surface area contributed by atoms with Crippen molar-refractivity contribution < 1.29 is 14.6 Å². The molecule has 11 heavy (non-hydrogen) atoms. The monoisotopic (exact) mass is 160 g/mol. The molecular formula is C8H16O3. The molecule has 0 aliphatic heterocycles. The van der Waals surface area contributed by atoms with Gasteiger partial charge in [-0.1, -0.05) is 12.2 Å². The smallest absolute Gasteiger partial charge is 0.159 e. The van der Waals surface area contributed by atoms with Crippen LogP contribution in [0.4, 0.5) is 0 Å². The number of hydrogen-bond donors (Lipinski definition) is 1. The minimum Gasteiger partial charge on any atom is -0.389 e. The maximum atomic E-state index is 9.24. The van der Waals surface area contributed by atoms with Gasteiger partial charge >= 0.3 is 0 Å². The fourth-order valence-electron chi connectivity index (χ4n) is 0.787. The number of hydrogen-bond acceptors (Lipinski definition) is 3. The zero-order valence-electron chi connectivity index (χ0n) is 7.28. The summed E-state index contributed by atoms with van der Waals surface area (Å²) in [5, 5.41) is 9.24. The molecule has 0 aromatic heterocycles. The zero-order chi connectivity index (χ0) is 8.69. The highest BCUT2D eigenvalue weighted by molar-refractivity contribution is 4.85. The lowest BCUT2D eigenvalue weighted by Gasteiger charge is -2.14. The van der Waals surface area contributed by atoms with Crippen molar-refractivity contribution in [3.63, 3.8) is 0 Å². The molecule has 1 N–H and O–H groups in total. The van der Waals surface area contributed by atoms with Crippen LogP contribution < -0.4 is 0 Å². The third-order valence-corrected chi connectivity index (χ3v) is 1.37. The normalized spacial score (nSPS) is 14.6. The highest BCUT2D eigenvalue weighted by Gasteiger charge is 2.09. The fraction of sp³-hybridized carbons (Fsp3) is 0.750. The van der Waals surface area contributed by atoms with E-state index in [-0.39, 0.29) is 6.29 Å². The Bertz CT molecular complexity index is 108. The molecule has 66 valence electrons. The van der Waals surface area contributed by atoms with Gasteiger partial charge in [0.15, 0.2) is 6.29 Å². The van der Waals surface area contributed by atoms with Crippen molar-refractivity contribution in [3.05, 3.63) is 12.2 Å². The van der Waals surface area contributed by atoms with Crippen molar-refractivity contribution in [2.45, 2.75) is 25.7 Å². The van der Waals surface area contributed by atoms with E-state index in [0.29, 0.717) is 6.42 Å². The van der Waals surface area contributed by atoms with Crippen LogP contribution in [0.3, 0.4) is 0 Å². The summed E-state index contributed by atoms with van der Waals surface area (Å²) in [5.41, 5.74) is 0. The third-order valence-electron chi connectivity index (χ3n) is 1.37. The van der Waals surface area contributed by atoms with Gasteiger partial charge in [-0.25, -0.2) is 0 Å². The Kier molecular flexibility index (Phi) is 6.12. The molecule has 0 aliphatic carbocycles. The van der Waals surface area contributed by atoms with Crippen LogP contribution in [0.5, 0.6) is 0 Å². The minimum atomic E-state index is -0.482. The number of rotatable bonds is 5. The first-order chi connectivity index (χ1) is 5.24. The van der Waals surface area contributed by atoms with E-state index in [0.717, 1.165) is 0 Å². The summed E-state index contributed by atoms with van der Waals surface area (Å²) < 4.78 is 9.80. The average molecular weight is 160 g/mol. The summed E-state index contributed by atoms with van der Waals surface area (Å²) in [7, 11) is 3.10. The van der Waals surface area contributed by atoms with E-state index in [1.165, 1.54) is 0 Å². The lowest BCUT2D eigenvalue weighted by Crippen LogP contribution is -2.19. The van der Waals surface area contributed by atoms with Crippen LogP contribution in [0, 0.1) is 0 Å². The second-order valence-corrected chi connectivity index (χ2v) is 2.23. The van der Waals surface area contributed by atoms with E-state index >= 15 is 0 Å². The van der Waals surface area contributed by atoms with E-state index in [1.54, 1.807) is 26.4 Å². The van der Waals surface area contributed by atoms with Crippen molar-refractivity contribution in [1.29, 1.82) is 0 Å².